The first-order chi connectivity index (χ1) is 9.76. The Morgan fingerprint density at radius 2 is 1.95 bits per heavy atom. The van der Waals surface area contributed by atoms with E-state index in [2.05, 4.69) is 15.1 Å². The van der Waals surface area contributed by atoms with Crippen molar-refractivity contribution < 1.29 is 9.47 Å². The van der Waals surface area contributed by atoms with Crippen LogP contribution < -0.4 is 0 Å². The Kier molecular flexibility index (Phi) is 2.90. The summed E-state index contributed by atoms with van der Waals surface area (Å²) in [5.74, 6) is -0.344. The highest BCUT2D eigenvalue weighted by Gasteiger charge is 2.41. The number of rotatable bonds is 1. The Balaban J connectivity index is 1.60. The summed E-state index contributed by atoms with van der Waals surface area (Å²) in [5.41, 5.74) is 1.54. The summed E-state index contributed by atoms with van der Waals surface area (Å²) in [6.07, 6.45) is 7.01. The monoisotopic (exact) mass is 294 g/mol. The van der Waals surface area contributed by atoms with E-state index in [1.165, 1.54) is 0 Å². The molecule has 2 aromatic rings. The van der Waals surface area contributed by atoms with E-state index in [4.69, 9.17) is 21.1 Å². The lowest BCUT2D eigenvalue weighted by Crippen LogP contribution is -2.36. The van der Waals surface area contributed by atoms with E-state index in [9.17, 15) is 0 Å². The van der Waals surface area contributed by atoms with E-state index in [-0.39, 0.29) is 5.79 Å². The van der Waals surface area contributed by atoms with Crippen LogP contribution in [0.2, 0.25) is 5.15 Å². The molecule has 0 N–H and O–H groups in total. The van der Waals surface area contributed by atoms with Gasteiger partial charge in [-0.15, -0.1) is 0 Å². The van der Waals surface area contributed by atoms with Crippen LogP contribution in [0, 0.1) is 0 Å². The fourth-order valence-electron chi connectivity index (χ4n) is 3.14. The van der Waals surface area contributed by atoms with Crippen LogP contribution in [0.1, 0.15) is 31.7 Å². The zero-order chi connectivity index (χ0) is 13.6. The first kappa shape index (κ1) is 12.5. The number of hydrogen-bond donors (Lipinski definition) is 0. The fraction of sp³-hybridized carbons (Fsp3) is 0.615. The van der Waals surface area contributed by atoms with Crippen LogP contribution in [0.3, 0.4) is 0 Å². The minimum absolute atomic E-state index is 0.304. The Morgan fingerprint density at radius 3 is 2.70 bits per heavy atom. The molecule has 2 fully saturated rings. The predicted molar refractivity (Wildman–Crippen MR) is 72.5 cm³/mol. The molecule has 1 saturated heterocycles. The van der Waals surface area contributed by atoms with Gasteiger partial charge in [0.1, 0.15) is 10.7 Å². The average Bonchev–Trinajstić information content (AvgIpc) is 3.07. The van der Waals surface area contributed by atoms with Crippen LogP contribution in [0.5, 0.6) is 0 Å². The number of ether oxygens (including phenoxy) is 2. The van der Waals surface area contributed by atoms with Gasteiger partial charge in [0.15, 0.2) is 11.4 Å². The van der Waals surface area contributed by atoms with Gasteiger partial charge < -0.3 is 9.47 Å². The van der Waals surface area contributed by atoms with E-state index in [1.807, 2.05) is 4.68 Å². The smallest absolute Gasteiger partial charge is 0.178 e. The molecule has 1 saturated carbocycles. The van der Waals surface area contributed by atoms with Gasteiger partial charge in [-0.3, -0.25) is 0 Å². The lowest BCUT2D eigenvalue weighted by atomic mass is 9.90. The van der Waals surface area contributed by atoms with Crippen molar-refractivity contribution >= 4 is 22.8 Å². The maximum atomic E-state index is 5.93. The fourth-order valence-corrected chi connectivity index (χ4v) is 3.27. The maximum absolute atomic E-state index is 5.93. The molecule has 0 atom stereocenters. The Morgan fingerprint density at radius 1 is 1.20 bits per heavy atom. The third-order valence-corrected chi connectivity index (χ3v) is 4.33. The van der Waals surface area contributed by atoms with E-state index in [0.29, 0.717) is 24.4 Å². The van der Waals surface area contributed by atoms with E-state index in [1.54, 1.807) is 12.4 Å². The molecular formula is C13H15ClN4O2. The van der Waals surface area contributed by atoms with Gasteiger partial charge in [0.05, 0.1) is 31.6 Å². The van der Waals surface area contributed by atoms with Gasteiger partial charge in [-0.25, -0.2) is 14.6 Å². The lowest BCUT2D eigenvalue weighted by Gasteiger charge is -2.35. The van der Waals surface area contributed by atoms with Crippen molar-refractivity contribution in [2.45, 2.75) is 37.5 Å². The Bertz CT molecular complexity index is 628. The number of halogens is 1. The Hall–Kier alpha value is -1.24. The second-order valence-electron chi connectivity index (χ2n) is 5.33. The highest BCUT2D eigenvalue weighted by atomic mass is 35.5. The zero-order valence-electron chi connectivity index (χ0n) is 11.0. The minimum Gasteiger partial charge on any atom is -0.348 e. The van der Waals surface area contributed by atoms with Gasteiger partial charge in [0.2, 0.25) is 0 Å². The van der Waals surface area contributed by atoms with Gasteiger partial charge in [-0.2, -0.15) is 5.10 Å². The molecule has 1 aliphatic heterocycles. The standard InChI is InChI=1S/C13H15ClN4O2/c14-11-8-15-10-7-16-18(12(10)17-11)9-1-3-13(4-2-9)19-5-6-20-13/h7-9H,1-6H2. The molecule has 6 nitrogen and oxygen atoms in total. The summed E-state index contributed by atoms with van der Waals surface area (Å²) in [5, 5.41) is 4.82. The minimum atomic E-state index is -0.344. The average molecular weight is 295 g/mol. The molecule has 2 aliphatic rings. The van der Waals surface area contributed by atoms with Crippen LogP contribution in [0.25, 0.3) is 11.2 Å². The summed E-state index contributed by atoms with van der Waals surface area (Å²) in [7, 11) is 0. The Labute approximate surface area is 121 Å². The lowest BCUT2D eigenvalue weighted by molar-refractivity contribution is -0.181. The number of aromatic nitrogens is 4. The van der Waals surface area contributed by atoms with Crippen LogP contribution in [-0.4, -0.2) is 38.7 Å². The highest BCUT2D eigenvalue weighted by Crippen LogP contribution is 2.40. The molecule has 20 heavy (non-hydrogen) atoms. The molecule has 4 rings (SSSR count). The van der Waals surface area contributed by atoms with Gasteiger partial charge in [0, 0.05) is 12.8 Å². The number of hydrogen-bond acceptors (Lipinski definition) is 5. The highest BCUT2D eigenvalue weighted by molar-refractivity contribution is 6.29. The molecule has 1 aliphatic carbocycles. The molecule has 0 radical (unpaired) electrons. The molecular weight excluding hydrogens is 280 g/mol. The van der Waals surface area contributed by atoms with E-state index >= 15 is 0 Å². The van der Waals surface area contributed by atoms with Crippen LogP contribution in [-0.2, 0) is 9.47 Å². The molecule has 7 heteroatoms. The largest absolute Gasteiger partial charge is 0.348 e. The quantitative estimate of drug-likeness (QED) is 0.808. The van der Waals surface area contributed by atoms with Crippen molar-refractivity contribution in [2.75, 3.05) is 13.2 Å². The molecule has 106 valence electrons. The summed E-state index contributed by atoms with van der Waals surface area (Å²) in [6, 6.07) is 0.304. The topological polar surface area (TPSA) is 62.1 Å². The summed E-state index contributed by atoms with van der Waals surface area (Å²) >= 11 is 5.93. The first-order valence-electron chi connectivity index (χ1n) is 6.89. The van der Waals surface area contributed by atoms with Gasteiger partial charge in [0.25, 0.3) is 0 Å². The number of fused-ring (bicyclic) bond motifs is 1. The van der Waals surface area contributed by atoms with E-state index < -0.39 is 0 Å². The third kappa shape index (κ3) is 1.99. The first-order valence-corrected chi connectivity index (χ1v) is 7.27. The van der Waals surface area contributed by atoms with Crippen molar-refractivity contribution in [3.8, 4) is 0 Å². The normalized spacial score (nSPS) is 22.9. The molecule has 1 spiro atoms. The molecule has 0 aromatic carbocycles. The summed E-state index contributed by atoms with van der Waals surface area (Å²) < 4.78 is 13.4. The molecule has 2 aromatic heterocycles. The molecule has 3 heterocycles. The SMILES string of the molecule is Clc1cnc2cnn(C3CCC4(CC3)OCCO4)c2n1. The van der Waals surface area contributed by atoms with Gasteiger partial charge in [-0.05, 0) is 12.8 Å². The molecule has 0 bridgehead atoms. The van der Waals surface area contributed by atoms with Crippen molar-refractivity contribution in [3.05, 3.63) is 17.5 Å². The number of nitrogens with zero attached hydrogens (tertiary/aromatic N) is 4. The second-order valence-corrected chi connectivity index (χ2v) is 5.72. The summed E-state index contributed by atoms with van der Waals surface area (Å²) in [4.78, 5) is 8.58. The van der Waals surface area contributed by atoms with Gasteiger partial charge >= 0.3 is 0 Å². The van der Waals surface area contributed by atoms with Crippen molar-refractivity contribution in [2.24, 2.45) is 0 Å². The van der Waals surface area contributed by atoms with E-state index in [0.717, 1.165) is 36.8 Å². The zero-order valence-corrected chi connectivity index (χ0v) is 11.7. The van der Waals surface area contributed by atoms with Crippen molar-refractivity contribution in [1.82, 2.24) is 19.7 Å². The summed E-state index contributed by atoms with van der Waals surface area (Å²) in [6.45, 7) is 1.41. The van der Waals surface area contributed by atoms with Crippen molar-refractivity contribution in [3.63, 3.8) is 0 Å². The second kappa shape index (κ2) is 4.65. The third-order valence-electron chi connectivity index (χ3n) is 4.15. The van der Waals surface area contributed by atoms with Crippen LogP contribution in [0.15, 0.2) is 12.4 Å². The van der Waals surface area contributed by atoms with Crippen molar-refractivity contribution in [1.29, 1.82) is 0 Å². The molecule has 0 unspecified atom stereocenters. The molecule has 0 amide bonds. The van der Waals surface area contributed by atoms with Crippen LogP contribution in [0.4, 0.5) is 0 Å². The predicted octanol–water partition coefficient (Wildman–Crippen LogP) is 2.34. The van der Waals surface area contributed by atoms with Crippen LogP contribution >= 0.6 is 11.6 Å². The maximum Gasteiger partial charge on any atom is 0.178 e. The van der Waals surface area contributed by atoms with Gasteiger partial charge in [-0.1, -0.05) is 11.6 Å².